The van der Waals surface area contributed by atoms with Crippen molar-refractivity contribution in [3.63, 3.8) is 0 Å². The van der Waals surface area contributed by atoms with Crippen LogP contribution >= 0.6 is 0 Å². The van der Waals surface area contributed by atoms with Gasteiger partial charge in [0.05, 0.1) is 24.8 Å². The molecule has 1 unspecified atom stereocenters. The lowest BCUT2D eigenvalue weighted by atomic mass is 9.95. The minimum absolute atomic E-state index is 0.0438. The van der Waals surface area contributed by atoms with Crippen LogP contribution in [0.4, 0.5) is 0 Å². The van der Waals surface area contributed by atoms with Gasteiger partial charge in [-0.2, -0.15) is 0 Å². The number of nitrogens with zero attached hydrogens (tertiary/aromatic N) is 2. The van der Waals surface area contributed by atoms with E-state index in [1.165, 1.54) is 4.90 Å². The number of aliphatic hydroxyl groups excluding tert-OH is 1. The molecule has 2 heterocycles. The highest BCUT2D eigenvalue weighted by molar-refractivity contribution is 6.46. The van der Waals surface area contributed by atoms with Crippen molar-refractivity contribution in [2.45, 2.75) is 39.3 Å². The molecule has 36 heavy (non-hydrogen) atoms. The number of carbonyl (C=O) groups is 2. The number of unbranched alkanes of at least 4 members (excludes halogenated alkanes) is 1. The molecule has 7 nitrogen and oxygen atoms in total. The van der Waals surface area contributed by atoms with Crippen LogP contribution in [-0.2, 0) is 16.1 Å². The molecular weight excluding hydrogens is 456 g/mol. The third kappa shape index (κ3) is 5.40. The lowest BCUT2D eigenvalue weighted by Crippen LogP contribution is -2.29. The summed E-state index contributed by atoms with van der Waals surface area (Å²) in [6.45, 7) is 5.25. The number of Topliss-reactive ketones (excluding diaryl/α,β-unsaturated/α-hetero) is 1. The van der Waals surface area contributed by atoms with Crippen LogP contribution in [0.5, 0.6) is 11.5 Å². The molecule has 1 aliphatic heterocycles. The van der Waals surface area contributed by atoms with Crippen LogP contribution in [0, 0.1) is 0 Å². The number of ether oxygens (including phenoxy) is 2. The summed E-state index contributed by atoms with van der Waals surface area (Å²) in [5.41, 5.74) is 1.98. The Morgan fingerprint density at radius 3 is 2.42 bits per heavy atom. The summed E-state index contributed by atoms with van der Waals surface area (Å²) in [5.74, 6) is -0.347. The van der Waals surface area contributed by atoms with Crippen LogP contribution in [0.25, 0.3) is 5.76 Å². The predicted octanol–water partition coefficient (Wildman–Crippen LogP) is 5.28. The molecule has 0 bridgehead atoms. The molecule has 1 N–H and O–H groups in total. The van der Waals surface area contributed by atoms with Crippen molar-refractivity contribution >= 4 is 17.4 Å². The molecule has 1 aromatic heterocycles. The summed E-state index contributed by atoms with van der Waals surface area (Å²) in [4.78, 5) is 32.0. The topological polar surface area (TPSA) is 89.0 Å². The van der Waals surface area contributed by atoms with Gasteiger partial charge in [-0.05, 0) is 60.9 Å². The summed E-state index contributed by atoms with van der Waals surface area (Å²) in [7, 11) is 0. The number of aromatic nitrogens is 1. The Hall–Kier alpha value is -4.13. The van der Waals surface area contributed by atoms with Crippen molar-refractivity contribution in [3.05, 3.63) is 95.3 Å². The lowest BCUT2D eigenvalue weighted by molar-refractivity contribution is -0.140. The third-order valence-corrected chi connectivity index (χ3v) is 6.02. The number of ketones is 1. The van der Waals surface area contributed by atoms with Gasteiger partial charge in [0.25, 0.3) is 11.7 Å². The van der Waals surface area contributed by atoms with Crippen molar-refractivity contribution in [3.8, 4) is 11.5 Å². The number of hydrogen-bond acceptors (Lipinski definition) is 6. The maximum absolute atomic E-state index is 13.3. The van der Waals surface area contributed by atoms with E-state index in [0.717, 1.165) is 18.4 Å². The fraction of sp³-hybridized carbons (Fsp3) is 0.276. The number of carbonyl (C=O) groups excluding carboxylic acids is 2. The molecule has 1 fully saturated rings. The van der Waals surface area contributed by atoms with Gasteiger partial charge in [-0.15, -0.1) is 0 Å². The maximum atomic E-state index is 13.3. The van der Waals surface area contributed by atoms with Crippen LogP contribution in [0.1, 0.15) is 49.4 Å². The number of likely N-dealkylation sites (tertiary alicyclic amines) is 1. The summed E-state index contributed by atoms with van der Waals surface area (Å²) < 4.78 is 11.3. The van der Waals surface area contributed by atoms with Gasteiger partial charge < -0.3 is 19.5 Å². The lowest BCUT2D eigenvalue weighted by Gasteiger charge is -2.25. The Kier molecular flexibility index (Phi) is 8.00. The molecule has 7 heteroatoms. The number of benzene rings is 2. The van der Waals surface area contributed by atoms with Crippen molar-refractivity contribution in [2.24, 2.45) is 0 Å². The normalized spacial score (nSPS) is 16.8. The second-order valence-corrected chi connectivity index (χ2v) is 8.51. The van der Waals surface area contributed by atoms with Crippen molar-refractivity contribution in [1.82, 2.24) is 9.88 Å². The molecule has 186 valence electrons. The molecule has 0 saturated carbocycles. The molecule has 0 aliphatic carbocycles. The first-order chi connectivity index (χ1) is 17.5. The second kappa shape index (κ2) is 11.5. The van der Waals surface area contributed by atoms with Crippen molar-refractivity contribution in [1.29, 1.82) is 0 Å². The van der Waals surface area contributed by atoms with Crippen LogP contribution in [0.15, 0.2) is 78.6 Å². The molecule has 2 aromatic carbocycles. The Labute approximate surface area is 211 Å². The molecule has 1 amide bonds. The predicted molar refractivity (Wildman–Crippen MR) is 137 cm³/mol. The number of aliphatic hydroxyl groups is 1. The van der Waals surface area contributed by atoms with Gasteiger partial charge in [0, 0.05) is 24.5 Å². The fourth-order valence-electron chi connectivity index (χ4n) is 4.21. The molecule has 1 aliphatic rings. The van der Waals surface area contributed by atoms with Gasteiger partial charge in [-0.3, -0.25) is 14.6 Å². The summed E-state index contributed by atoms with van der Waals surface area (Å²) >= 11 is 0. The van der Waals surface area contributed by atoms with Crippen LogP contribution in [0.3, 0.4) is 0 Å². The van der Waals surface area contributed by atoms with E-state index < -0.39 is 17.7 Å². The monoisotopic (exact) mass is 486 g/mol. The van der Waals surface area contributed by atoms with E-state index in [0.29, 0.717) is 35.8 Å². The van der Waals surface area contributed by atoms with E-state index in [1.54, 1.807) is 48.8 Å². The molecule has 1 saturated heterocycles. The maximum Gasteiger partial charge on any atom is 0.295 e. The van der Waals surface area contributed by atoms with E-state index in [-0.39, 0.29) is 17.9 Å². The van der Waals surface area contributed by atoms with Crippen LogP contribution in [0.2, 0.25) is 0 Å². The van der Waals surface area contributed by atoms with Gasteiger partial charge >= 0.3 is 0 Å². The SMILES string of the molecule is CCCCOc1ccc(C2C(=C(O)c3cccc(OCC)c3)C(=O)C(=O)N2Cc2ccncc2)cc1. The van der Waals surface area contributed by atoms with Crippen LogP contribution < -0.4 is 9.47 Å². The molecule has 4 rings (SSSR count). The van der Waals surface area contributed by atoms with Gasteiger partial charge in [-0.1, -0.05) is 37.6 Å². The number of hydrogen-bond donors (Lipinski definition) is 1. The zero-order chi connectivity index (χ0) is 25.5. The zero-order valence-corrected chi connectivity index (χ0v) is 20.5. The summed E-state index contributed by atoms with van der Waals surface area (Å²) in [6, 6.07) is 17.0. The Morgan fingerprint density at radius 1 is 0.972 bits per heavy atom. The van der Waals surface area contributed by atoms with Crippen molar-refractivity contribution in [2.75, 3.05) is 13.2 Å². The highest BCUT2D eigenvalue weighted by Gasteiger charge is 2.46. The zero-order valence-electron chi connectivity index (χ0n) is 20.5. The smallest absolute Gasteiger partial charge is 0.295 e. The number of rotatable bonds is 10. The first-order valence-electron chi connectivity index (χ1n) is 12.2. The van der Waals surface area contributed by atoms with Gasteiger partial charge in [-0.25, -0.2) is 0 Å². The average Bonchev–Trinajstić information content (AvgIpc) is 3.15. The minimum atomic E-state index is -0.765. The summed E-state index contributed by atoms with van der Waals surface area (Å²) in [5, 5.41) is 11.3. The van der Waals surface area contributed by atoms with E-state index in [4.69, 9.17) is 9.47 Å². The van der Waals surface area contributed by atoms with Crippen molar-refractivity contribution < 1.29 is 24.2 Å². The largest absolute Gasteiger partial charge is 0.507 e. The van der Waals surface area contributed by atoms with Gasteiger partial charge in [0.2, 0.25) is 0 Å². The number of pyridine rings is 1. The number of amides is 1. The first kappa shape index (κ1) is 25.0. The summed E-state index contributed by atoms with van der Waals surface area (Å²) in [6.07, 6.45) is 5.27. The highest BCUT2D eigenvalue weighted by Crippen LogP contribution is 2.41. The first-order valence-corrected chi connectivity index (χ1v) is 12.2. The Morgan fingerprint density at radius 2 is 1.72 bits per heavy atom. The van der Waals surface area contributed by atoms with E-state index in [9.17, 15) is 14.7 Å². The molecule has 1 atom stereocenters. The highest BCUT2D eigenvalue weighted by atomic mass is 16.5. The molecule has 3 aromatic rings. The van der Waals surface area contributed by atoms with E-state index in [2.05, 4.69) is 11.9 Å². The molecular formula is C29H30N2O5. The van der Waals surface area contributed by atoms with Crippen LogP contribution in [-0.4, -0.2) is 39.9 Å². The molecule has 0 radical (unpaired) electrons. The fourth-order valence-corrected chi connectivity index (χ4v) is 4.21. The Balaban J connectivity index is 1.77. The minimum Gasteiger partial charge on any atom is -0.507 e. The van der Waals surface area contributed by atoms with Gasteiger partial charge in [0.1, 0.15) is 17.3 Å². The quantitative estimate of drug-likeness (QED) is 0.182. The van der Waals surface area contributed by atoms with E-state index in [1.807, 2.05) is 31.2 Å². The second-order valence-electron chi connectivity index (χ2n) is 8.51. The standard InChI is InChI=1S/C29H30N2O5/c1-3-5-17-36-23-11-9-21(10-12-23)26-25(27(32)22-7-6-8-24(18-22)35-4-2)28(33)29(34)31(26)19-20-13-15-30-16-14-20/h6-16,18,26,32H,3-5,17,19H2,1-2H3. The van der Waals surface area contributed by atoms with Gasteiger partial charge in [0.15, 0.2) is 0 Å². The Bertz CT molecular complexity index is 1240. The molecule has 0 spiro atoms. The average molecular weight is 487 g/mol. The third-order valence-electron chi connectivity index (χ3n) is 6.02. The van der Waals surface area contributed by atoms with E-state index >= 15 is 0 Å².